The van der Waals surface area contributed by atoms with E-state index in [9.17, 15) is 0 Å². The molecule has 0 saturated heterocycles. The van der Waals surface area contributed by atoms with Crippen LogP contribution in [0.2, 0.25) is 0 Å². The lowest BCUT2D eigenvalue weighted by Crippen LogP contribution is -2.12. The molecule has 0 spiro atoms. The lowest BCUT2D eigenvalue weighted by molar-refractivity contribution is 0.296. The molecule has 1 aromatic carbocycles. The molecule has 2 unspecified atom stereocenters. The van der Waals surface area contributed by atoms with E-state index in [-0.39, 0.29) is 0 Å². The molecule has 2 rings (SSSR count). The van der Waals surface area contributed by atoms with Gasteiger partial charge < -0.3 is 0 Å². The van der Waals surface area contributed by atoms with Crippen molar-refractivity contribution in [2.24, 2.45) is 11.3 Å². The lowest BCUT2D eigenvalue weighted by atomic mass is 9.83. The van der Waals surface area contributed by atoms with E-state index in [1.807, 2.05) is 0 Å². The minimum atomic E-state index is 0.435. The van der Waals surface area contributed by atoms with Gasteiger partial charge in [-0.05, 0) is 60.1 Å². The van der Waals surface area contributed by atoms with Crippen molar-refractivity contribution in [2.45, 2.75) is 64.6 Å². The fraction of sp³-hybridized carbons (Fsp3) is 0.667. The zero-order valence-electron chi connectivity index (χ0n) is 12.8. The first-order valence-electron chi connectivity index (χ1n) is 7.61. The van der Waals surface area contributed by atoms with Crippen LogP contribution in [-0.4, -0.2) is 0 Å². The number of hydrogen-bond donors (Lipinski definition) is 0. The number of fused-ring (bicyclic) bond motifs is 1. The van der Waals surface area contributed by atoms with E-state index in [1.54, 1.807) is 11.1 Å². The van der Waals surface area contributed by atoms with Gasteiger partial charge in [0.1, 0.15) is 0 Å². The molecule has 0 saturated carbocycles. The summed E-state index contributed by atoms with van der Waals surface area (Å²) in [7, 11) is 0. The Kier molecular flexibility index (Phi) is 4.76. The van der Waals surface area contributed by atoms with Gasteiger partial charge in [-0.2, -0.15) is 0 Å². The maximum atomic E-state index is 3.90. The first-order chi connectivity index (χ1) is 8.85. The van der Waals surface area contributed by atoms with Gasteiger partial charge in [-0.15, -0.1) is 0 Å². The minimum Gasteiger partial charge on any atom is -0.0839 e. The number of hydrogen-bond acceptors (Lipinski definition) is 0. The standard InChI is InChI=1S/C18H27Br/c1-13(12-18(2,3)4)10-17(19)16-9-8-14-6-5-7-15(14)11-16/h8-9,11,13,17H,5-7,10,12H2,1-4H3. The van der Waals surface area contributed by atoms with Gasteiger partial charge in [-0.25, -0.2) is 0 Å². The Morgan fingerprint density at radius 2 is 1.84 bits per heavy atom. The summed E-state index contributed by atoms with van der Waals surface area (Å²) in [4.78, 5) is 0.510. The van der Waals surface area contributed by atoms with E-state index < -0.39 is 0 Å². The van der Waals surface area contributed by atoms with E-state index in [0.29, 0.717) is 10.2 Å². The van der Waals surface area contributed by atoms with Crippen LogP contribution in [0.3, 0.4) is 0 Å². The Morgan fingerprint density at radius 1 is 1.16 bits per heavy atom. The Hall–Kier alpha value is -0.300. The molecule has 0 fully saturated rings. The second-order valence-corrected chi connectivity index (χ2v) is 8.56. The molecule has 1 aliphatic rings. The van der Waals surface area contributed by atoms with Crippen molar-refractivity contribution < 1.29 is 0 Å². The van der Waals surface area contributed by atoms with E-state index >= 15 is 0 Å². The smallest absolute Gasteiger partial charge is 0.0398 e. The molecule has 106 valence electrons. The first-order valence-corrected chi connectivity index (χ1v) is 8.52. The van der Waals surface area contributed by atoms with Crippen LogP contribution >= 0.6 is 15.9 Å². The zero-order valence-corrected chi connectivity index (χ0v) is 14.4. The third kappa shape index (κ3) is 4.34. The molecule has 19 heavy (non-hydrogen) atoms. The highest BCUT2D eigenvalue weighted by atomic mass is 79.9. The third-order valence-electron chi connectivity index (χ3n) is 4.05. The summed E-state index contributed by atoms with van der Waals surface area (Å²) in [5.41, 5.74) is 5.07. The predicted octanol–water partition coefficient (Wildman–Crippen LogP) is 6.07. The normalized spacial score (nSPS) is 18.2. The van der Waals surface area contributed by atoms with E-state index in [2.05, 4.69) is 61.8 Å². The molecular formula is C18H27Br. The fourth-order valence-electron chi connectivity index (χ4n) is 3.40. The Labute approximate surface area is 127 Å². The monoisotopic (exact) mass is 322 g/mol. The van der Waals surface area contributed by atoms with Crippen LogP contribution in [0.15, 0.2) is 18.2 Å². The topological polar surface area (TPSA) is 0 Å². The maximum absolute atomic E-state index is 3.90. The lowest BCUT2D eigenvalue weighted by Gasteiger charge is -2.25. The van der Waals surface area contributed by atoms with Gasteiger partial charge in [0.2, 0.25) is 0 Å². The van der Waals surface area contributed by atoms with Gasteiger partial charge in [0.05, 0.1) is 0 Å². The summed E-state index contributed by atoms with van der Waals surface area (Å²) >= 11 is 3.90. The van der Waals surface area contributed by atoms with Gasteiger partial charge in [0.15, 0.2) is 0 Å². The van der Waals surface area contributed by atoms with Crippen molar-refractivity contribution in [3.8, 4) is 0 Å². The van der Waals surface area contributed by atoms with Crippen molar-refractivity contribution in [1.82, 2.24) is 0 Å². The maximum Gasteiger partial charge on any atom is 0.0398 e. The van der Waals surface area contributed by atoms with Crippen LogP contribution in [0.5, 0.6) is 0 Å². The molecule has 0 heterocycles. The fourth-order valence-corrected chi connectivity index (χ4v) is 4.33. The van der Waals surface area contributed by atoms with Gasteiger partial charge in [-0.1, -0.05) is 61.8 Å². The molecule has 0 aromatic heterocycles. The highest BCUT2D eigenvalue weighted by molar-refractivity contribution is 9.09. The van der Waals surface area contributed by atoms with E-state index in [4.69, 9.17) is 0 Å². The third-order valence-corrected chi connectivity index (χ3v) is 4.96. The summed E-state index contributed by atoms with van der Waals surface area (Å²) in [5, 5.41) is 0. The number of halogens is 1. The van der Waals surface area contributed by atoms with Gasteiger partial charge in [0.25, 0.3) is 0 Å². The number of alkyl halides is 1. The molecule has 1 aromatic rings. The molecule has 0 nitrogen and oxygen atoms in total. The van der Waals surface area contributed by atoms with Crippen molar-refractivity contribution in [3.63, 3.8) is 0 Å². The van der Waals surface area contributed by atoms with Crippen LogP contribution in [0.4, 0.5) is 0 Å². The number of benzene rings is 1. The molecule has 0 amide bonds. The summed E-state index contributed by atoms with van der Waals surface area (Å²) in [5.74, 6) is 0.762. The molecule has 1 aliphatic carbocycles. The summed E-state index contributed by atoms with van der Waals surface area (Å²) in [6, 6.07) is 7.11. The average molecular weight is 323 g/mol. The second-order valence-electron chi connectivity index (χ2n) is 7.45. The molecule has 0 aliphatic heterocycles. The molecule has 2 atom stereocenters. The summed E-state index contributed by atoms with van der Waals surface area (Å²) in [6.45, 7) is 9.39. The summed E-state index contributed by atoms with van der Waals surface area (Å²) in [6.07, 6.45) is 6.42. The Morgan fingerprint density at radius 3 is 2.53 bits per heavy atom. The largest absolute Gasteiger partial charge is 0.0839 e. The minimum absolute atomic E-state index is 0.435. The van der Waals surface area contributed by atoms with Gasteiger partial charge >= 0.3 is 0 Å². The number of rotatable bonds is 4. The van der Waals surface area contributed by atoms with Crippen molar-refractivity contribution >= 4 is 15.9 Å². The Bertz CT molecular complexity index is 428. The van der Waals surface area contributed by atoms with Gasteiger partial charge in [0, 0.05) is 4.83 Å². The average Bonchev–Trinajstić information content (AvgIpc) is 2.72. The molecule has 1 heteroatoms. The highest BCUT2D eigenvalue weighted by Crippen LogP contribution is 2.36. The van der Waals surface area contributed by atoms with Crippen LogP contribution in [0.25, 0.3) is 0 Å². The van der Waals surface area contributed by atoms with Crippen molar-refractivity contribution in [1.29, 1.82) is 0 Å². The molecular weight excluding hydrogens is 296 g/mol. The first kappa shape index (κ1) is 15.1. The highest BCUT2D eigenvalue weighted by Gasteiger charge is 2.20. The second kappa shape index (κ2) is 5.99. The van der Waals surface area contributed by atoms with E-state index in [0.717, 1.165) is 5.92 Å². The van der Waals surface area contributed by atoms with Crippen molar-refractivity contribution in [3.05, 3.63) is 34.9 Å². The van der Waals surface area contributed by atoms with Crippen molar-refractivity contribution in [2.75, 3.05) is 0 Å². The molecule has 0 N–H and O–H groups in total. The predicted molar refractivity (Wildman–Crippen MR) is 88.0 cm³/mol. The number of aryl methyl sites for hydroxylation is 2. The molecule has 0 radical (unpaired) electrons. The molecule has 0 bridgehead atoms. The van der Waals surface area contributed by atoms with Crippen LogP contribution < -0.4 is 0 Å². The van der Waals surface area contributed by atoms with Gasteiger partial charge in [-0.3, -0.25) is 0 Å². The Balaban J connectivity index is 1.98. The SMILES string of the molecule is CC(CC(Br)c1ccc2c(c1)CCC2)CC(C)(C)C. The summed E-state index contributed by atoms with van der Waals surface area (Å²) < 4.78 is 0. The quantitative estimate of drug-likeness (QED) is 0.590. The zero-order chi connectivity index (χ0) is 14.0. The van der Waals surface area contributed by atoms with Crippen LogP contribution in [0.1, 0.15) is 68.5 Å². The van der Waals surface area contributed by atoms with E-state index in [1.165, 1.54) is 37.7 Å². The van der Waals surface area contributed by atoms with Crippen LogP contribution in [-0.2, 0) is 12.8 Å². The van der Waals surface area contributed by atoms with Crippen LogP contribution in [0, 0.1) is 11.3 Å².